The maximum absolute atomic E-state index is 13.9. The summed E-state index contributed by atoms with van der Waals surface area (Å²) in [7, 11) is 0. The summed E-state index contributed by atoms with van der Waals surface area (Å²) in [6.45, 7) is 1.84. The van der Waals surface area contributed by atoms with Gasteiger partial charge in [0.05, 0.1) is 0 Å². The van der Waals surface area contributed by atoms with Crippen LogP contribution in [-0.4, -0.2) is 5.78 Å². The summed E-state index contributed by atoms with van der Waals surface area (Å²) >= 11 is 0. The highest BCUT2D eigenvalue weighted by Crippen LogP contribution is 2.24. The summed E-state index contributed by atoms with van der Waals surface area (Å²) in [6.07, 6.45) is 0. The fourth-order valence-electron chi connectivity index (χ4n) is 1.64. The molecule has 2 rings (SSSR count). The fourth-order valence-corrected chi connectivity index (χ4v) is 1.64. The van der Waals surface area contributed by atoms with Crippen molar-refractivity contribution in [1.82, 2.24) is 0 Å². The molecule has 2 aromatic rings. The van der Waals surface area contributed by atoms with Crippen LogP contribution < -0.4 is 0 Å². The van der Waals surface area contributed by atoms with Crippen LogP contribution in [0.3, 0.4) is 0 Å². The number of aryl methyl sites for hydroxylation is 1. The number of ketones is 1. The zero-order chi connectivity index (χ0) is 13.8. The molecule has 0 atom stereocenters. The van der Waals surface area contributed by atoms with Crippen molar-refractivity contribution in [2.45, 2.75) is 6.92 Å². The third kappa shape index (κ3) is 2.94. The van der Waals surface area contributed by atoms with Crippen molar-refractivity contribution in [3.05, 3.63) is 77.1 Å². The van der Waals surface area contributed by atoms with Gasteiger partial charge in [0.2, 0.25) is 11.6 Å². The first-order chi connectivity index (χ1) is 9.09. The highest BCUT2D eigenvalue weighted by Gasteiger charge is 2.18. The minimum atomic E-state index is -1.37. The van der Waals surface area contributed by atoms with E-state index in [9.17, 15) is 13.6 Å². The Bertz CT molecular complexity index is 613. The molecule has 0 bridgehead atoms. The zero-order valence-electron chi connectivity index (χ0n) is 10.4. The van der Waals surface area contributed by atoms with Crippen molar-refractivity contribution in [1.29, 1.82) is 0 Å². The summed E-state index contributed by atoms with van der Waals surface area (Å²) in [5, 5.41) is 0. The van der Waals surface area contributed by atoms with E-state index in [0.29, 0.717) is 0 Å². The molecule has 0 aliphatic heterocycles. The minimum Gasteiger partial charge on any atom is -0.286 e. The number of hydrogen-bond donors (Lipinski definition) is 0. The van der Waals surface area contributed by atoms with Gasteiger partial charge in [0.1, 0.15) is 0 Å². The quantitative estimate of drug-likeness (QED) is 0.585. The SMILES string of the molecule is Cc1ccc(/C(F)=C(\F)C(=O)c2ccccc2)cc1. The summed E-state index contributed by atoms with van der Waals surface area (Å²) in [6, 6.07) is 14.0. The van der Waals surface area contributed by atoms with E-state index in [2.05, 4.69) is 0 Å². The lowest BCUT2D eigenvalue weighted by Crippen LogP contribution is -2.01. The number of hydrogen-bond acceptors (Lipinski definition) is 1. The predicted molar refractivity (Wildman–Crippen MR) is 71.1 cm³/mol. The Kier molecular flexibility index (Phi) is 3.85. The molecule has 0 aromatic heterocycles. The van der Waals surface area contributed by atoms with Gasteiger partial charge < -0.3 is 0 Å². The van der Waals surface area contributed by atoms with Crippen LogP contribution in [-0.2, 0) is 0 Å². The van der Waals surface area contributed by atoms with Gasteiger partial charge in [-0.25, -0.2) is 4.39 Å². The van der Waals surface area contributed by atoms with E-state index < -0.39 is 17.4 Å². The van der Waals surface area contributed by atoms with Crippen LogP contribution >= 0.6 is 0 Å². The smallest absolute Gasteiger partial charge is 0.224 e. The van der Waals surface area contributed by atoms with Gasteiger partial charge in [-0.2, -0.15) is 4.39 Å². The maximum atomic E-state index is 13.9. The molecule has 0 N–H and O–H groups in total. The van der Waals surface area contributed by atoms with Crippen LogP contribution in [0.1, 0.15) is 21.5 Å². The van der Waals surface area contributed by atoms with Crippen molar-refractivity contribution in [2.24, 2.45) is 0 Å². The largest absolute Gasteiger partial charge is 0.286 e. The van der Waals surface area contributed by atoms with E-state index in [-0.39, 0.29) is 11.1 Å². The minimum absolute atomic E-state index is 0.0624. The number of allylic oxidation sites excluding steroid dienone is 1. The van der Waals surface area contributed by atoms with Gasteiger partial charge in [0, 0.05) is 11.1 Å². The topological polar surface area (TPSA) is 17.1 Å². The number of halogens is 2. The molecular formula is C16H12F2O. The average molecular weight is 258 g/mol. The summed E-state index contributed by atoms with van der Waals surface area (Å²) in [5.41, 5.74) is 1.13. The first-order valence-electron chi connectivity index (χ1n) is 5.81. The average Bonchev–Trinajstić information content (AvgIpc) is 2.46. The molecule has 0 fully saturated rings. The Labute approximate surface area is 110 Å². The number of Topliss-reactive ketones (excluding diaryl/α,β-unsaturated/α-hetero) is 1. The standard InChI is InChI=1S/C16H12F2O/c1-11-7-9-12(10-8-11)14(17)15(18)16(19)13-5-3-2-4-6-13/h2-10H,1H3/b15-14+. The molecule has 0 heterocycles. The molecule has 1 nitrogen and oxygen atoms in total. The van der Waals surface area contributed by atoms with Gasteiger partial charge in [0.25, 0.3) is 0 Å². The molecule has 2 aromatic carbocycles. The molecule has 0 unspecified atom stereocenters. The molecule has 96 valence electrons. The lowest BCUT2D eigenvalue weighted by Gasteiger charge is -2.02. The zero-order valence-corrected chi connectivity index (χ0v) is 10.4. The molecule has 0 saturated carbocycles. The Morgan fingerprint density at radius 1 is 0.842 bits per heavy atom. The molecule has 19 heavy (non-hydrogen) atoms. The van der Waals surface area contributed by atoms with Crippen LogP contribution in [0.5, 0.6) is 0 Å². The molecule has 0 spiro atoms. The molecule has 3 heteroatoms. The summed E-state index contributed by atoms with van der Waals surface area (Å²) in [4.78, 5) is 11.8. The van der Waals surface area contributed by atoms with Crippen LogP contribution in [0, 0.1) is 6.92 Å². The van der Waals surface area contributed by atoms with Gasteiger partial charge in [-0.1, -0.05) is 60.2 Å². The maximum Gasteiger partial charge on any atom is 0.224 e. The molecule has 0 saturated heterocycles. The lowest BCUT2D eigenvalue weighted by molar-refractivity contribution is 0.100. The predicted octanol–water partition coefficient (Wildman–Crippen LogP) is 4.49. The lowest BCUT2D eigenvalue weighted by atomic mass is 10.1. The van der Waals surface area contributed by atoms with Crippen LogP contribution in [0.2, 0.25) is 0 Å². The van der Waals surface area contributed by atoms with Gasteiger partial charge in [-0.15, -0.1) is 0 Å². The Balaban J connectivity index is 2.36. The van der Waals surface area contributed by atoms with E-state index in [1.807, 2.05) is 6.92 Å². The molecular weight excluding hydrogens is 246 g/mol. The Hall–Kier alpha value is -2.29. The first-order valence-corrected chi connectivity index (χ1v) is 5.81. The van der Waals surface area contributed by atoms with Crippen molar-refractivity contribution >= 4 is 11.6 Å². The van der Waals surface area contributed by atoms with Crippen molar-refractivity contribution in [2.75, 3.05) is 0 Å². The second-order valence-corrected chi connectivity index (χ2v) is 4.19. The second kappa shape index (κ2) is 5.57. The van der Waals surface area contributed by atoms with Gasteiger partial charge in [-0.05, 0) is 6.92 Å². The normalized spacial score (nSPS) is 11.9. The third-order valence-electron chi connectivity index (χ3n) is 2.73. The monoisotopic (exact) mass is 258 g/mol. The van der Waals surface area contributed by atoms with Crippen LogP contribution in [0.4, 0.5) is 8.78 Å². The highest BCUT2D eigenvalue weighted by atomic mass is 19.2. The van der Waals surface area contributed by atoms with E-state index in [1.54, 1.807) is 30.3 Å². The number of carbonyl (C=O) groups excluding carboxylic acids is 1. The van der Waals surface area contributed by atoms with Crippen molar-refractivity contribution in [3.8, 4) is 0 Å². The Morgan fingerprint density at radius 3 is 2.00 bits per heavy atom. The van der Waals surface area contributed by atoms with E-state index >= 15 is 0 Å². The van der Waals surface area contributed by atoms with E-state index in [4.69, 9.17) is 0 Å². The third-order valence-corrected chi connectivity index (χ3v) is 2.73. The first kappa shape index (κ1) is 13.1. The fraction of sp³-hybridized carbons (Fsp3) is 0.0625. The molecule has 0 radical (unpaired) electrons. The number of rotatable bonds is 3. The molecule has 0 amide bonds. The summed E-state index contributed by atoms with van der Waals surface area (Å²) < 4.78 is 27.7. The second-order valence-electron chi connectivity index (χ2n) is 4.19. The summed E-state index contributed by atoms with van der Waals surface area (Å²) in [5.74, 6) is -3.44. The van der Waals surface area contributed by atoms with Gasteiger partial charge in [-0.3, -0.25) is 4.79 Å². The van der Waals surface area contributed by atoms with E-state index in [1.165, 1.54) is 24.3 Å². The van der Waals surface area contributed by atoms with Crippen molar-refractivity contribution in [3.63, 3.8) is 0 Å². The number of benzene rings is 2. The van der Waals surface area contributed by atoms with Crippen LogP contribution in [0.15, 0.2) is 60.4 Å². The molecule has 0 aliphatic carbocycles. The Morgan fingerprint density at radius 2 is 1.42 bits per heavy atom. The highest BCUT2D eigenvalue weighted by molar-refractivity contribution is 6.10. The van der Waals surface area contributed by atoms with Gasteiger partial charge >= 0.3 is 0 Å². The van der Waals surface area contributed by atoms with E-state index in [0.717, 1.165) is 5.56 Å². The van der Waals surface area contributed by atoms with Crippen molar-refractivity contribution < 1.29 is 13.6 Å². The van der Waals surface area contributed by atoms with Crippen LogP contribution in [0.25, 0.3) is 5.83 Å². The molecule has 0 aliphatic rings. The van der Waals surface area contributed by atoms with Gasteiger partial charge in [0.15, 0.2) is 5.83 Å². The number of carbonyl (C=O) groups is 1.